The lowest BCUT2D eigenvalue weighted by Gasteiger charge is -2.29. The number of carbonyl (C=O) groups is 1. The van der Waals surface area contributed by atoms with E-state index in [4.69, 9.17) is 31.5 Å². The average Bonchev–Trinajstić information content (AvgIpc) is 3.28. The monoisotopic (exact) mass is 458 g/mol. The van der Waals surface area contributed by atoms with Crippen LogP contribution in [0.3, 0.4) is 0 Å². The molecule has 1 aromatic heterocycles. The Balaban J connectivity index is 1.94. The molecule has 1 saturated heterocycles. The first-order valence-electron chi connectivity index (χ1n) is 10.8. The Morgan fingerprint density at radius 3 is 2.81 bits per heavy atom. The minimum Gasteiger partial charge on any atom is -0.465 e. The van der Waals surface area contributed by atoms with Crippen LogP contribution in [0.15, 0.2) is 46.6 Å². The smallest absolute Gasteiger partial charge is 0.340 e. The maximum atomic E-state index is 13.9. The van der Waals surface area contributed by atoms with E-state index in [0.717, 1.165) is 25.0 Å². The first kappa shape index (κ1) is 22.4. The predicted octanol–water partition coefficient (Wildman–Crippen LogP) is 3.50. The number of aromatic nitrogens is 1. The zero-order chi connectivity index (χ0) is 22.8. The van der Waals surface area contributed by atoms with Gasteiger partial charge in [-0.3, -0.25) is 4.79 Å². The van der Waals surface area contributed by atoms with Gasteiger partial charge in [0.15, 0.2) is 0 Å². The second kappa shape index (κ2) is 9.38. The Kier molecular flexibility index (Phi) is 6.58. The van der Waals surface area contributed by atoms with Gasteiger partial charge >= 0.3 is 5.97 Å². The van der Waals surface area contributed by atoms with Crippen LogP contribution < -0.4 is 16.0 Å². The molecule has 1 fully saturated rings. The van der Waals surface area contributed by atoms with Gasteiger partial charge in [-0.05, 0) is 37.0 Å². The fourth-order valence-electron chi connectivity index (χ4n) is 4.50. The van der Waals surface area contributed by atoms with Gasteiger partial charge in [0.05, 0.1) is 31.2 Å². The molecule has 8 heteroatoms. The number of benzene rings is 1. The summed E-state index contributed by atoms with van der Waals surface area (Å²) < 4.78 is 18.4. The molecule has 32 heavy (non-hydrogen) atoms. The number of nitrogens with two attached hydrogens (primary N) is 1. The normalized spacial score (nSPS) is 20.1. The maximum absolute atomic E-state index is 13.9. The fourth-order valence-corrected chi connectivity index (χ4v) is 4.70. The molecule has 2 aromatic rings. The van der Waals surface area contributed by atoms with Crippen molar-refractivity contribution in [3.8, 4) is 5.75 Å². The Bertz CT molecular complexity index is 1120. The van der Waals surface area contributed by atoms with Gasteiger partial charge in [0.25, 0.3) is 5.56 Å². The van der Waals surface area contributed by atoms with Crippen LogP contribution in [0, 0.1) is 0 Å². The molecule has 170 valence electrons. The van der Waals surface area contributed by atoms with Crippen LogP contribution in [0.2, 0.25) is 5.02 Å². The summed E-state index contributed by atoms with van der Waals surface area (Å²) >= 11 is 6.25. The van der Waals surface area contributed by atoms with Gasteiger partial charge in [0.2, 0.25) is 5.88 Å². The molecular weight excluding hydrogens is 432 g/mol. The largest absolute Gasteiger partial charge is 0.465 e. The van der Waals surface area contributed by atoms with E-state index in [1.807, 2.05) is 12.1 Å². The summed E-state index contributed by atoms with van der Waals surface area (Å²) in [5.74, 6) is -1.13. The molecule has 2 aliphatic heterocycles. The van der Waals surface area contributed by atoms with E-state index >= 15 is 0 Å². The SMILES string of the molecule is CCCc1cc2c(c(=O)n1CC1CCCO1)C(c1cccc(Cl)c1)C(C(=O)OC)=C(N)O2. The van der Waals surface area contributed by atoms with E-state index in [-0.39, 0.29) is 23.1 Å². The number of hydrogen-bond donors (Lipinski definition) is 1. The van der Waals surface area contributed by atoms with Crippen molar-refractivity contribution < 1.29 is 19.0 Å². The predicted molar refractivity (Wildman–Crippen MR) is 121 cm³/mol. The molecule has 0 aliphatic carbocycles. The lowest BCUT2D eigenvalue weighted by molar-refractivity contribution is -0.136. The molecule has 0 radical (unpaired) electrons. The van der Waals surface area contributed by atoms with Crippen molar-refractivity contribution in [3.63, 3.8) is 0 Å². The van der Waals surface area contributed by atoms with Crippen LogP contribution in [0.4, 0.5) is 0 Å². The third-order valence-electron chi connectivity index (χ3n) is 5.95. The zero-order valence-corrected chi connectivity index (χ0v) is 19.0. The van der Waals surface area contributed by atoms with E-state index in [2.05, 4.69) is 6.92 Å². The van der Waals surface area contributed by atoms with Crippen LogP contribution in [0.5, 0.6) is 5.75 Å². The molecule has 0 saturated carbocycles. The Morgan fingerprint density at radius 1 is 1.34 bits per heavy atom. The van der Waals surface area contributed by atoms with E-state index in [9.17, 15) is 9.59 Å². The Labute approximate surface area is 191 Å². The number of rotatable bonds is 6. The van der Waals surface area contributed by atoms with Crippen LogP contribution >= 0.6 is 11.6 Å². The molecule has 7 nitrogen and oxygen atoms in total. The molecule has 4 rings (SSSR count). The number of esters is 1. The van der Waals surface area contributed by atoms with E-state index < -0.39 is 11.9 Å². The van der Waals surface area contributed by atoms with Crippen molar-refractivity contribution in [2.45, 2.75) is 51.2 Å². The number of nitrogens with zero attached hydrogens (tertiary/aromatic N) is 1. The van der Waals surface area contributed by atoms with Crippen molar-refractivity contribution in [2.24, 2.45) is 5.73 Å². The zero-order valence-electron chi connectivity index (χ0n) is 18.2. The highest BCUT2D eigenvalue weighted by atomic mass is 35.5. The Hall–Kier alpha value is -2.77. The number of ether oxygens (including phenoxy) is 3. The van der Waals surface area contributed by atoms with Crippen molar-refractivity contribution in [3.05, 3.63) is 74.0 Å². The standard InChI is InChI=1S/C24H27ClN2O5/c1-3-6-16-12-18-20(23(28)27(16)13-17-9-5-10-31-17)19(14-7-4-8-15(25)11-14)21(22(26)32-18)24(29)30-2/h4,7-8,11-12,17,19H,3,5-6,9-10,13,26H2,1-2H3. The number of halogens is 1. The van der Waals surface area contributed by atoms with Gasteiger partial charge < -0.3 is 24.5 Å². The maximum Gasteiger partial charge on any atom is 0.340 e. The quantitative estimate of drug-likeness (QED) is 0.666. The molecule has 0 bridgehead atoms. The molecule has 0 amide bonds. The average molecular weight is 459 g/mol. The van der Waals surface area contributed by atoms with Gasteiger partial charge in [-0.15, -0.1) is 0 Å². The molecule has 2 aliphatic rings. The van der Waals surface area contributed by atoms with Gasteiger partial charge in [-0.2, -0.15) is 0 Å². The number of fused-ring (bicyclic) bond motifs is 1. The molecular formula is C24H27ClN2O5. The third kappa shape index (κ3) is 4.14. The number of aryl methyl sites for hydroxylation is 1. The molecule has 2 unspecified atom stereocenters. The van der Waals surface area contributed by atoms with Crippen LogP contribution in [0.25, 0.3) is 0 Å². The summed E-state index contributed by atoms with van der Waals surface area (Å²) in [4.78, 5) is 26.6. The summed E-state index contributed by atoms with van der Waals surface area (Å²) in [5, 5.41) is 0.487. The minimum atomic E-state index is -0.760. The lowest BCUT2D eigenvalue weighted by Crippen LogP contribution is -2.37. The number of methoxy groups -OCH3 is 1. The highest BCUT2D eigenvalue weighted by Gasteiger charge is 2.38. The summed E-state index contributed by atoms with van der Waals surface area (Å²) in [6.45, 7) is 3.21. The Morgan fingerprint density at radius 2 is 2.16 bits per heavy atom. The molecule has 2 N–H and O–H groups in total. The van der Waals surface area contributed by atoms with E-state index in [1.54, 1.807) is 22.8 Å². The van der Waals surface area contributed by atoms with Gasteiger partial charge in [0, 0.05) is 23.4 Å². The number of pyridine rings is 1. The summed E-state index contributed by atoms with van der Waals surface area (Å²) in [6, 6.07) is 8.89. The van der Waals surface area contributed by atoms with Crippen LogP contribution in [-0.4, -0.2) is 30.4 Å². The van der Waals surface area contributed by atoms with Crippen molar-refractivity contribution >= 4 is 17.6 Å². The highest BCUT2D eigenvalue weighted by molar-refractivity contribution is 6.30. The minimum absolute atomic E-state index is 0.0174. The third-order valence-corrected chi connectivity index (χ3v) is 6.19. The van der Waals surface area contributed by atoms with Gasteiger partial charge in [0.1, 0.15) is 11.3 Å². The summed E-state index contributed by atoms with van der Waals surface area (Å²) in [7, 11) is 1.27. The second-order valence-corrected chi connectivity index (χ2v) is 8.51. The first-order chi connectivity index (χ1) is 15.4. The second-order valence-electron chi connectivity index (χ2n) is 8.07. The number of carbonyl (C=O) groups excluding carboxylic acids is 1. The van der Waals surface area contributed by atoms with Gasteiger partial charge in [-0.1, -0.05) is 37.1 Å². The fraction of sp³-hybridized carbons (Fsp3) is 0.417. The summed E-state index contributed by atoms with van der Waals surface area (Å²) in [5.41, 5.74) is 7.90. The van der Waals surface area contributed by atoms with E-state index in [1.165, 1.54) is 7.11 Å². The first-order valence-corrected chi connectivity index (χ1v) is 11.2. The topological polar surface area (TPSA) is 92.8 Å². The van der Waals surface area contributed by atoms with Crippen LogP contribution in [0.1, 0.15) is 48.9 Å². The van der Waals surface area contributed by atoms with E-state index in [0.29, 0.717) is 41.5 Å². The number of hydrogen-bond acceptors (Lipinski definition) is 6. The molecule has 2 atom stereocenters. The molecule has 0 spiro atoms. The van der Waals surface area contributed by atoms with Crippen molar-refractivity contribution in [1.82, 2.24) is 4.57 Å². The van der Waals surface area contributed by atoms with Gasteiger partial charge in [-0.25, -0.2) is 4.79 Å². The van der Waals surface area contributed by atoms with Crippen molar-refractivity contribution in [1.29, 1.82) is 0 Å². The summed E-state index contributed by atoms with van der Waals surface area (Å²) in [6.07, 6.45) is 3.43. The molecule has 1 aromatic carbocycles. The highest BCUT2D eigenvalue weighted by Crippen LogP contribution is 2.42. The molecule has 3 heterocycles. The van der Waals surface area contributed by atoms with Crippen molar-refractivity contribution in [2.75, 3.05) is 13.7 Å². The van der Waals surface area contributed by atoms with Crippen LogP contribution in [-0.2, 0) is 27.2 Å². The lowest BCUT2D eigenvalue weighted by atomic mass is 9.83.